The number of nitrogens with zero attached hydrogens (tertiary/aromatic N) is 1. The smallest absolute Gasteiger partial charge is 0.0966 e. The molecule has 0 aliphatic carbocycles. The van der Waals surface area contributed by atoms with Crippen molar-refractivity contribution in [2.75, 3.05) is 12.4 Å². The Bertz CT molecular complexity index is 540. The highest BCUT2D eigenvalue weighted by Crippen LogP contribution is 2.18. The van der Waals surface area contributed by atoms with Gasteiger partial charge in [-0.1, -0.05) is 30.3 Å². The van der Waals surface area contributed by atoms with Crippen LogP contribution in [0.4, 0.5) is 0 Å². The fourth-order valence-corrected chi connectivity index (χ4v) is 2.93. The quantitative estimate of drug-likeness (QED) is 0.796. The molecule has 0 aliphatic rings. The van der Waals surface area contributed by atoms with Crippen LogP contribution in [0.2, 0.25) is 0 Å². The van der Waals surface area contributed by atoms with Crippen molar-refractivity contribution >= 4 is 11.8 Å². The second-order valence-corrected chi connectivity index (χ2v) is 6.13. The van der Waals surface area contributed by atoms with Gasteiger partial charge >= 0.3 is 0 Å². The maximum Gasteiger partial charge on any atom is 0.0966 e. The number of aromatic nitrogens is 1. The van der Waals surface area contributed by atoms with Gasteiger partial charge in [-0.3, -0.25) is 0 Å². The van der Waals surface area contributed by atoms with Crippen LogP contribution in [-0.4, -0.2) is 28.6 Å². The summed E-state index contributed by atoms with van der Waals surface area (Å²) in [6.45, 7) is 4.91. The second kappa shape index (κ2) is 8.17. The van der Waals surface area contributed by atoms with Crippen LogP contribution >= 0.6 is 11.8 Å². The van der Waals surface area contributed by atoms with E-state index >= 15 is 0 Å². The van der Waals surface area contributed by atoms with Crippen molar-refractivity contribution < 1.29 is 9.84 Å². The number of aliphatic hydroxyl groups is 1. The Kier molecular flexibility index (Phi) is 6.23. The summed E-state index contributed by atoms with van der Waals surface area (Å²) in [5.74, 6) is 0.588. The normalized spacial score (nSPS) is 12.3. The summed E-state index contributed by atoms with van der Waals surface area (Å²) in [6, 6.07) is 14.1. The molecule has 1 aromatic heterocycles. The van der Waals surface area contributed by atoms with Crippen LogP contribution in [0.25, 0.3) is 0 Å². The van der Waals surface area contributed by atoms with Gasteiger partial charge in [-0.15, -0.1) is 11.8 Å². The van der Waals surface area contributed by atoms with Crippen molar-refractivity contribution in [1.82, 2.24) is 4.98 Å². The fraction of sp³-hybridized carbons (Fsp3) is 0.353. The minimum absolute atomic E-state index is 0.340. The summed E-state index contributed by atoms with van der Waals surface area (Å²) >= 11 is 1.56. The van der Waals surface area contributed by atoms with Crippen molar-refractivity contribution in [1.29, 1.82) is 0 Å². The molecule has 1 atom stereocenters. The van der Waals surface area contributed by atoms with Gasteiger partial charge in [0.15, 0.2) is 0 Å². The van der Waals surface area contributed by atoms with E-state index in [0.717, 1.165) is 16.3 Å². The third kappa shape index (κ3) is 5.87. The largest absolute Gasteiger partial charge is 0.390 e. The predicted octanol–water partition coefficient (Wildman–Crippen LogP) is 3.37. The number of hydrogen-bond donors (Lipinski definition) is 1. The molecule has 4 heteroatoms. The van der Waals surface area contributed by atoms with E-state index in [1.54, 1.807) is 11.8 Å². The number of rotatable bonds is 7. The minimum atomic E-state index is -0.485. The first-order valence-electron chi connectivity index (χ1n) is 7.01. The third-order valence-corrected chi connectivity index (χ3v) is 3.98. The van der Waals surface area contributed by atoms with Crippen LogP contribution < -0.4 is 0 Å². The lowest BCUT2D eigenvalue weighted by Crippen LogP contribution is -2.18. The lowest BCUT2D eigenvalue weighted by molar-refractivity contribution is 0.0398. The maximum absolute atomic E-state index is 9.95. The van der Waals surface area contributed by atoms with Crippen LogP contribution in [0.5, 0.6) is 0 Å². The SMILES string of the molecule is Cc1cc(C)nc(SCC(O)COCc2ccccc2)c1. The highest BCUT2D eigenvalue weighted by Gasteiger charge is 2.07. The second-order valence-electron chi connectivity index (χ2n) is 5.09. The van der Waals surface area contributed by atoms with Gasteiger partial charge in [0.2, 0.25) is 0 Å². The molecule has 0 saturated carbocycles. The van der Waals surface area contributed by atoms with E-state index in [1.807, 2.05) is 49.4 Å². The first-order valence-corrected chi connectivity index (χ1v) is 8.00. The standard InChI is InChI=1S/C17H21NO2S/c1-13-8-14(2)18-17(9-13)21-12-16(19)11-20-10-15-6-4-3-5-7-15/h3-9,16,19H,10-12H2,1-2H3. The third-order valence-electron chi connectivity index (χ3n) is 2.92. The molecular formula is C17H21NO2S. The van der Waals surface area contributed by atoms with Gasteiger partial charge in [0, 0.05) is 11.4 Å². The molecule has 0 aliphatic heterocycles. The van der Waals surface area contributed by atoms with Crippen molar-refractivity contribution in [3.63, 3.8) is 0 Å². The number of pyridine rings is 1. The van der Waals surface area contributed by atoms with Gasteiger partial charge in [-0.25, -0.2) is 4.98 Å². The first kappa shape index (κ1) is 16.0. The van der Waals surface area contributed by atoms with Gasteiger partial charge in [0.05, 0.1) is 24.3 Å². The van der Waals surface area contributed by atoms with Crippen molar-refractivity contribution in [2.24, 2.45) is 0 Å². The van der Waals surface area contributed by atoms with Crippen LogP contribution in [0.1, 0.15) is 16.8 Å². The van der Waals surface area contributed by atoms with E-state index in [0.29, 0.717) is 19.0 Å². The average Bonchev–Trinajstić information content (AvgIpc) is 2.45. The molecule has 3 nitrogen and oxygen atoms in total. The highest BCUT2D eigenvalue weighted by molar-refractivity contribution is 7.99. The van der Waals surface area contributed by atoms with Crippen LogP contribution in [-0.2, 0) is 11.3 Å². The van der Waals surface area contributed by atoms with E-state index in [4.69, 9.17) is 4.74 Å². The Morgan fingerprint density at radius 2 is 1.95 bits per heavy atom. The first-order chi connectivity index (χ1) is 10.1. The molecule has 0 saturated heterocycles. The summed E-state index contributed by atoms with van der Waals surface area (Å²) < 4.78 is 5.53. The number of benzene rings is 1. The van der Waals surface area contributed by atoms with Crippen molar-refractivity contribution in [2.45, 2.75) is 31.6 Å². The zero-order valence-electron chi connectivity index (χ0n) is 12.5. The van der Waals surface area contributed by atoms with Gasteiger partial charge in [-0.05, 0) is 37.1 Å². The molecule has 2 rings (SSSR count). The van der Waals surface area contributed by atoms with E-state index in [-0.39, 0.29) is 0 Å². The Balaban J connectivity index is 1.71. The van der Waals surface area contributed by atoms with Crippen LogP contribution in [0.3, 0.4) is 0 Å². The molecule has 0 spiro atoms. The summed E-state index contributed by atoms with van der Waals surface area (Å²) in [7, 11) is 0. The highest BCUT2D eigenvalue weighted by atomic mass is 32.2. The molecule has 1 N–H and O–H groups in total. The summed E-state index contributed by atoms with van der Waals surface area (Å²) in [4.78, 5) is 4.44. The summed E-state index contributed by atoms with van der Waals surface area (Å²) in [5.41, 5.74) is 3.32. The van der Waals surface area contributed by atoms with Gasteiger partial charge in [-0.2, -0.15) is 0 Å². The lowest BCUT2D eigenvalue weighted by atomic mass is 10.2. The predicted molar refractivity (Wildman–Crippen MR) is 86.5 cm³/mol. The monoisotopic (exact) mass is 303 g/mol. The molecule has 112 valence electrons. The van der Waals surface area contributed by atoms with E-state index in [2.05, 4.69) is 11.9 Å². The molecule has 2 aromatic rings. The summed E-state index contributed by atoms with van der Waals surface area (Å²) in [6.07, 6.45) is -0.485. The minimum Gasteiger partial charge on any atom is -0.390 e. The molecule has 0 amide bonds. The zero-order valence-corrected chi connectivity index (χ0v) is 13.3. The molecule has 0 bridgehead atoms. The molecular weight excluding hydrogens is 282 g/mol. The number of ether oxygens (including phenoxy) is 1. The molecule has 0 radical (unpaired) electrons. The van der Waals surface area contributed by atoms with E-state index < -0.39 is 6.10 Å². The lowest BCUT2D eigenvalue weighted by Gasteiger charge is -2.11. The molecule has 0 fully saturated rings. The molecule has 21 heavy (non-hydrogen) atoms. The molecule has 1 heterocycles. The topological polar surface area (TPSA) is 42.4 Å². The number of aliphatic hydroxyl groups excluding tert-OH is 1. The average molecular weight is 303 g/mol. The van der Waals surface area contributed by atoms with Crippen molar-refractivity contribution in [3.05, 3.63) is 59.3 Å². The van der Waals surface area contributed by atoms with Gasteiger partial charge < -0.3 is 9.84 Å². The van der Waals surface area contributed by atoms with Crippen LogP contribution in [0, 0.1) is 13.8 Å². The Morgan fingerprint density at radius 3 is 2.67 bits per heavy atom. The number of aryl methyl sites for hydroxylation is 2. The maximum atomic E-state index is 9.95. The Labute approximate surface area is 130 Å². The Morgan fingerprint density at radius 1 is 1.19 bits per heavy atom. The van der Waals surface area contributed by atoms with Crippen molar-refractivity contribution in [3.8, 4) is 0 Å². The number of hydrogen-bond acceptors (Lipinski definition) is 4. The molecule has 1 aromatic carbocycles. The van der Waals surface area contributed by atoms with Gasteiger partial charge in [0.25, 0.3) is 0 Å². The van der Waals surface area contributed by atoms with Crippen LogP contribution in [0.15, 0.2) is 47.5 Å². The summed E-state index contributed by atoms with van der Waals surface area (Å²) in [5, 5.41) is 10.9. The van der Waals surface area contributed by atoms with E-state index in [9.17, 15) is 5.11 Å². The zero-order chi connectivity index (χ0) is 15.1. The van der Waals surface area contributed by atoms with Gasteiger partial charge in [0.1, 0.15) is 0 Å². The van der Waals surface area contributed by atoms with E-state index in [1.165, 1.54) is 5.56 Å². The fourth-order valence-electron chi connectivity index (χ4n) is 1.99. The Hall–Kier alpha value is -1.36. The number of thioether (sulfide) groups is 1. The molecule has 1 unspecified atom stereocenters.